The topological polar surface area (TPSA) is 71.3 Å². The van der Waals surface area contributed by atoms with Gasteiger partial charge in [-0.15, -0.1) is 0 Å². The van der Waals surface area contributed by atoms with Crippen molar-refractivity contribution in [2.75, 3.05) is 23.3 Å². The first-order chi connectivity index (χ1) is 12.8. The third-order valence-corrected chi connectivity index (χ3v) is 4.48. The molecule has 3 aromatic rings. The summed E-state index contributed by atoms with van der Waals surface area (Å²) in [5.74, 6) is 1.40. The highest BCUT2D eigenvalue weighted by Gasteiger charge is 2.15. The lowest BCUT2D eigenvalue weighted by molar-refractivity contribution is -0.111. The Bertz CT molecular complexity index is 928. The molecule has 1 saturated heterocycles. The van der Waals surface area contributed by atoms with Crippen molar-refractivity contribution in [2.45, 2.75) is 19.3 Å². The second kappa shape index (κ2) is 7.39. The first-order valence-electron chi connectivity index (χ1n) is 8.82. The quantitative estimate of drug-likeness (QED) is 0.725. The molecule has 26 heavy (non-hydrogen) atoms. The number of hydrogen-bond donors (Lipinski definition) is 1. The highest BCUT2D eigenvalue weighted by molar-refractivity contribution is 6.03. The smallest absolute Gasteiger partial charge is 0.248 e. The van der Waals surface area contributed by atoms with Crippen molar-refractivity contribution in [3.8, 4) is 0 Å². The molecule has 0 spiro atoms. The molecule has 0 saturated carbocycles. The second-order valence-electron chi connectivity index (χ2n) is 6.31. The fourth-order valence-electron chi connectivity index (χ4n) is 3.21. The summed E-state index contributed by atoms with van der Waals surface area (Å²) in [6.45, 7) is 2.06. The van der Waals surface area contributed by atoms with Crippen LogP contribution in [0.5, 0.6) is 0 Å². The van der Waals surface area contributed by atoms with Gasteiger partial charge in [-0.1, -0.05) is 0 Å². The number of furan rings is 1. The average molecular weight is 348 g/mol. The Morgan fingerprint density at radius 3 is 2.85 bits per heavy atom. The van der Waals surface area contributed by atoms with Crippen molar-refractivity contribution in [3.05, 3.63) is 54.8 Å². The SMILES string of the molecule is O=C(/C=C\c1ccco1)Nc1ccc2c(N3CCCCC3)ncnc2c1. The number of hydrogen-bond acceptors (Lipinski definition) is 5. The largest absolute Gasteiger partial charge is 0.465 e. The van der Waals surface area contributed by atoms with Crippen LogP contribution in [0, 0.1) is 0 Å². The van der Waals surface area contributed by atoms with Gasteiger partial charge in [0, 0.05) is 30.2 Å². The molecule has 0 atom stereocenters. The van der Waals surface area contributed by atoms with Crippen molar-refractivity contribution >= 4 is 34.4 Å². The van der Waals surface area contributed by atoms with Crippen LogP contribution in [0.25, 0.3) is 17.0 Å². The summed E-state index contributed by atoms with van der Waals surface area (Å²) in [4.78, 5) is 23.2. The van der Waals surface area contributed by atoms with Crippen LogP contribution in [0.15, 0.2) is 53.4 Å². The number of benzene rings is 1. The van der Waals surface area contributed by atoms with Gasteiger partial charge >= 0.3 is 0 Å². The summed E-state index contributed by atoms with van der Waals surface area (Å²) >= 11 is 0. The van der Waals surface area contributed by atoms with E-state index in [9.17, 15) is 4.79 Å². The van der Waals surface area contributed by atoms with Gasteiger partial charge in [0.15, 0.2) is 0 Å². The molecule has 6 nitrogen and oxygen atoms in total. The monoisotopic (exact) mass is 348 g/mol. The summed E-state index contributed by atoms with van der Waals surface area (Å²) in [5.41, 5.74) is 1.53. The number of rotatable bonds is 4. The number of carbonyl (C=O) groups excluding carboxylic acids is 1. The van der Waals surface area contributed by atoms with Crippen LogP contribution in [0.1, 0.15) is 25.0 Å². The Hall–Kier alpha value is -3.15. The number of piperidine rings is 1. The van der Waals surface area contributed by atoms with Crippen molar-refractivity contribution in [3.63, 3.8) is 0 Å². The van der Waals surface area contributed by atoms with E-state index in [4.69, 9.17) is 4.42 Å². The Labute approximate surface area is 151 Å². The van der Waals surface area contributed by atoms with E-state index in [1.807, 2.05) is 18.2 Å². The number of nitrogens with zero attached hydrogens (tertiary/aromatic N) is 3. The molecule has 1 amide bonds. The fraction of sp³-hybridized carbons (Fsp3) is 0.250. The first-order valence-corrected chi connectivity index (χ1v) is 8.82. The van der Waals surface area contributed by atoms with Crippen LogP contribution in [0.4, 0.5) is 11.5 Å². The van der Waals surface area contributed by atoms with Crippen LogP contribution in [0.3, 0.4) is 0 Å². The molecule has 0 aliphatic carbocycles. The molecule has 4 rings (SSSR count). The third-order valence-electron chi connectivity index (χ3n) is 4.48. The zero-order valence-electron chi connectivity index (χ0n) is 14.4. The maximum Gasteiger partial charge on any atom is 0.248 e. The maximum atomic E-state index is 12.1. The lowest BCUT2D eigenvalue weighted by atomic mass is 10.1. The molecule has 1 aliphatic rings. The molecule has 0 radical (unpaired) electrons. The molecule has 0 bridgehead atoms. The molecule has 2 aromatic heterocycles. The molecule has 3 heterocycles. The standard InChI is InChI=1S/C20H20N4O2/c25-19(9-7-16-5-4-12-26-16)23-15-6-8-17-18(13-15)21-14-22-20(17)24-10-2-1-3-11-24/h4-9,12-14H,1-3,10-11H2,(H,23,25)/b9-7-. The van der Waals surface area contributed by atoms with Gasteiger partial charge in [-0.3, -0.25) is 4.79 Å². The van der Waals surface area contributed by atoms with Gasteiger partial charge in [0.05, 0.1) is 11.8 Å². The molecule has 0 unspecified atom stereocenters. The second-order valence-corrected chi connectivity index (χ2v) is 6.31. The lowest BCUT2D eigenvalue weighted by Crippen LogP contribution is -2.30. The predicted molar refractivity (Wildman–Crippen MR) is 102 cm³/mol. The molecule has 1 aromatic carbocycles. The minimum absolute atomic E-state index is 0.217. The molecule has 132 valence electrons. The van der Waals surface area contributed by atoms with Crippen LogP contribution in [-0.4, -0.2) is 29.0 Å². The predicted octanol–water partition coefficient (Wildman–Crippen LogP) is 3.87. The number of amides is 1. The number of fused-ring (bicyclic) bond motifs is 1. The average Bonchev–Trinajstić information content (AvgIpc) is 3.20. The van der Waals surface area contributed by atoms with Crippen molar-refractivity contribution in [1.29, 1.82) is 0 Å². The van der Waals surface area contributed by atoms with E-state index in [1.165, 1.54) is 25.3 Å². The van der Waals surface area contributed by atoms with E-state index in [-0.39, 0.29) is 5.91 Å². The van der Waals surface area contributed by atoms with Gasteiger partial charge in [-0.2, -0.15) is 0 Å². The van der Waals surface area contributed by atoms with E-state index in [1.54, 1.807) is 30.8 Å². The van der Waals surface area contributed by atoms with Gasteiger partial charge < -0.3 is 14.6 Å². The number of anilines is 2. The zero-order valence-corrected chi connectivity index (χ0v) is 14.4. The van der Waals surface area contributed by atoms with Gasteiger partial charge in [0.1, 0.15) is 17.9 Å². The van der Waals surface area contributed by atoms with Crippen LogP contribution < -0.4 is 10.2 Å². The highest BCUT2D eigenvalue weighted by atomic mass is 16.3. The first kappa shape index (κ1) is 16.3. The van der Waals surface area contributed by atoms with Gasteiger partial charge in [0.2, 0.25) is 5.91 Å². The molecule has 1 N–H and O–H groups in total. The Kier molecular flexibility index (Phi) is 4.64. The normalized spacial score (nSPS) is 14.8. The number of aromatic nitrogens is 2. The molecular weight excluding hydrogens is 328 g/mol. The van der Waals surface area contributed by atoms with E-state index < -0.39 is 0 Å². The summed E-state index contributed by atoms with van der Waals surface area (Å²) in [7, 11) is 0. The summed E-state index contributed by atoms with van der Waals surface area (Å²) in [6.07, 6.45) is 9.91. The Balaban J connectivity index is 1.53. The minimum atomic E-state index is -0.217. The molecule has 1 fully saturated rings. The summed E-state index contributed by atoms with van der Waals surface area (Å²) < 4.78 is 5.17. The van der Waals surface area contributed by atoms with Gasteiger partial charge in [-0.25, -0.2) is 9.97 Å². The lowest BCUT2D eigenvalue weighted by Gasteiger charge is -2.28. The van der Waals surface area contributed by atoms with Crippen molar-refractivity contribution < 1.29 is 9.21 Å². The van der Waals surface area contributed by atoms with Gasteiger partial charge in [0.25, 0.3) is 0 Å². The third kappa shape index (κ3) is 3.59. The Morgan fingerprint density at radius 2 is 2.04 bits per heavy atom. The molecule has 1 aliphatic heterocycles. The minimum Gasteiger partial charge on any atom is -0.465 e. The van der Waals surface area contributed by atoms with E-state index >= 15 is 0 Å². The highest BCUT2D eigenvalue weighted by Crippen LogP contribution is 2.27. The van der Waals surface area contributed by atoms with Crippen molar-refractivity contribution in [2.24, 2.45) is 0 Å². The summed E-state index contributed by atoms with van der Waals surface area (Å²) in [6, 6.07) is 9.31. The fourth-order valence-corrected chi connectivity index (χ4v) is 3.21. The van der Waals surface area contributed by atoms with E-state index in [0.29, 0.717) is 11.4 Å². The molecule has 6 heteroatoms. The van der Waals surface area contributed by atoms with Crippen LogP contribution >= 0.6 is 0 Å². The zero-order chi connectivity index (χ0) is 17.8. The van der Waals surface area contributed by atoms with Crippen molar-refractivity contribution in [1.82, 2.24) is 9.97 Å². The van der Waals surface area contributed by atoms with Crippen LogP contribution in [-0.2, 0) is 4.79 Å². The number of carbonyl (C=O) groups is 1. The van der Waals surface area contributed by atoms with Crippen LogP contribution in [0.2, 0.25) is 0 Å². The molecular formula is C20H20N4O2. The van der Waals surface area contributed by atoms with E-state index in [0.717, 1.165) is 29.8 Å². The maximum absolute atomic E-state index is 12.1. The summed E-state index contributed by atoms with van der Waals surface area (Å²) in [5, 5.41) is 3.87. The Morgan fingerprint density at radius 1 is 1.15 bits per heavy atom. The number of nitrogens with one attached hydrogen (secondary N) is 1. The van der Waals surface area contributed by atoms with E-state index in [2.05, 4.69) is 20.2 Å². The van der Waals surface area contributed by atoms with Gasteiger partial charge in [-0.05, 0) is 55.7 Å².